The normalized spacial score (nSPS) is 13.5. The first-order valence-corrected chi connectivity index (χ1v) is 8.32. The Morgan fingerprint density at radius 2 is 1.32 bits per heavy atom. The van der Waals surface area contributed by atoms with Gasteiger partial charge >= 0.3 is 0 Å². The minimum atomic E-state index is -0.485. The van der Waals surface area contributed by atoms with E-state index in [1.165, 1.54) is 0 Å². The van der Waals surface area contributed by atoms with Crippen LogP contribution in [-0.4, -0.2) is 44.4 Å². The average molecular weight is 346 g/mol. The van der Waals surface area contributed by atoms with Crippen molar-refractivity contribution in [1.29, 1.82) is 0 Å². The van der Waals surface area contributed by atoms with Crippen molar-refractivity contribution in [1.82, 2.24) is 0 Å². The summed E-state index contributed by atoms with van der Waals surface area (Å²) in [4.78, 5) is 0. The Morgan fingerprint density at radius 1 is 0.800 bits per heavy atom. The Labute approximate surface area is 149 Å². The predicted octanol–water partition coefficient (Wildman–Crippen LogP) is 2.77. The van der Waals surface area contributed by atoms with Crippen molar-refractivity contribution < 1.29 is 24.1 Å². The number of hydrogen-bond donors (Lipinski definition) is 1. The van der Waals surface area contributed by atoms with E-state index >= 15 is 0 Å². The zero-order valence-electron chi connectivity index (χ0n) is 14.5. The molecule has 0 heterocycles. The van der Waals surface area contributed by atoms with Gasteiger partial charge < -0.3 is 24.1 Å². The lowest BCUT2D eigenvalue weighted by atomic mass is 10.2. The largest absolute Gasteiger partial charge is 0.394 e. The van der Waals surface area contributed by atoms with Gasteiger partial charge in [0.2, 0.25) is 0 Å². The maximum atomic E-state index is 9.74. The molecule has 0 fully saturated rings. The van der Waals surface area contributed by atoms with Gasteiger partial charge in [0.05, 0.1) is 26.4 Å². The van der Waals surface area contributed by atoms with E-state index in [9.17, 15) is 5.11 Å². The zero-order valence-corrected chi connectivity index (χ0v) is 14.5. The van der Waals surface area contributed by atoms with Crippen LogP contribution in [0.3, 0.4) is 0 Å². The van der Waals surface area contributed by atoms with Crippen LogP contribution in [0.25, 0.3) is 0 Å². The van der Waals surface area contributed by atoms with E-state index in [2.05, 4.69) is 0 Å². The van der Waals surface area contributed by atoms with Gasteiger partial charge in [-0.1, -0.05) is 60.7 Å². The molecule has 0 aromatic heterocycles. The van der Waals surface area contributed by atoms with Gasteiger partial charge in [0.15, 0.2) is 0 Å². The van der Waals surface area contributed by atoms with Crippen molar-refractivity contribution in [2.45, 2.75) is 25.4 Å². The Bertz CT molecular complexity index is 561. The number of ether oxygens (including phenoxy) is 4. The van der Waals surface area contributed by atoms with E-state index in [-0.39, 0.29) is 20.0 Å². The lowest BCUT2D eigenvalue weighted by molar-refractivity contribution is -0.145. The highest BCUT2D eigenvalue weighted by Gasteiger charge is 2.23. The zero-order chi connectivity index (χ0) is 17.7. The second-order valence-electron chi connectivity index (χ2n) is 5.63. The second kappa shape index (κ2) is 11.7. The van der Waals surface area contributed by atoms with Gasteiger partial charge in [-0.25, -0.2) is 0 Å². The minimum absolute atomic E-state index is 0.150. The van der Waals surface area contributed by atoms with Crippen LogP contribution in [0, 0.1) is 0 Å². The smallest absolute Gasteiger partial charge is 0.146 e. The van der Waals surface area contributed by atoms with E-state index in [0.717, 1.165) is 11.1 Å². The summed E-state index contributed by atoms with van der Waals surface area (Å²) >= 11 is 0. The van der Waals surface area contributed by atoms with Crippen molar-refractivity contribution in [3.63, 3.8) is 0 Å². The van der Waals surface area contributed by atoms with Crippen LogP contribution in [0.15, 0.2) is 60.7 Å². The van der Waals surface area contributed by atoms with Gasteiger partial charge in [-0.15, -0.1) is 0 Å². The molecule has 1 N–H and O–H groups in total. The first kappa shape index (κ1) is 19.6. The fraction of sp³-hybridized carbons (Fsp3) is 0.400. The maximum Gasteiger partial charge on any atom is 0.146 e. The fourth-order valence-electron chi connectivity index (χ4n) is 2.34. The van der Waals surface area contributed by atoms with Crippen LogP contribution in [0.5, 0.6) is 0 Å². The highest BCUT2D eigenvalue weighted by molar-refractivity contribution is 5.14. The minimum Gasteiger partial charge on any atom is -0.394 e. The van der Waals surface area contributed by atoms with Crippen molar-refractivity contribution in [3.05, 3.63) is 71.8 Å². The summed E-state index contributed by atoms with van der Waals surface area (Å²) in [5.74, 6) is 0. The fourth-order valence-corrected chi connectivity index (χ4v) is 2.34. The first-order valence-electron chi connectivity index (χ1n) is 8.32. The molecule has 0 amide bonds. The average Bonchev–Trinajstić information content (AvgIpc) is 2.67. The van der Waals surface area contributed by atoms with E-state index in [0.29, 0.717) is 13.2 Å². The molecule has 2 rings (SSSR count). The summed E-state index contributed by atoms with van der Waals surface area (Å²) in [7, 11) is 1.56. The molecular weight excluding hydrogens is 320 g/mol. The standard InChI is InChI=1S/C20H26O5/c1-22-16-23-15-20(25-14-18-10-6-3-7-11-18)19(12-21)24-13-17-8-4-2-5-9-17/h2-11,19-21H,12-16H2,1H3/t19-,20-/m0/s1. The van der Waals surface area contributed by atoms with Gasteiger partial charge in [-0.3, -0.25) is 0 Å². The molecule has 25 heavy (non-hydrogen) atoms. The molecular formula is C20H26O5. The van der Waals surface area contributed by atoms with Gasteiger partial charge in [-0.05, 0) is 11.1 Å². The first-order chi connectivity index (χ1) is 12.3. The summed E-state index contributed by atoms with van der Waals surface area (Å²) in [6.45, 7) is 1.12. The molecule has 2 atom stereocenters. The molecule has 0 aliphatic carbocycles. The number of aliphatic hydroxyl groups is 1. The Morgan fingerprint density at radius 3 is 1.80 bits per heavy atom. The number of rotatable bonds is 12. The third kappa shape index (κ3) is 7.34. The predicted molar refractivity (Wildman–Crippen MR) is 95.0 cm³/mol. The van der Waals surface area contributed by atoms with Crippen molar-refractivity contribution in [2.24, 2.45) is 0 Å². The van der Waals surface area contributed by atoms with Gasteiger partial charge in [-0.2, -0.15) is 0 Å². The molecule has 0 unspecified atom stereocenters. The molecule has 2 aromatic rings. The summed E-state index contributed by atoms with van der Waals surface area (Å²) < 4.78 is 22.2. The van der Waals surface area contributed by atoms with Crippen molar-refractivity contribution >= 4 is 0 Å². The van der Waals surface area contributed by atoms with Crippen LogP contribution >= 0.6 is 0 Å². The molecule has 0 radical (unpaired) electrons. The molecule has 0 aliphatic rings. The molecule has 136 valence electrons. The summed E-state index contributed by atoms with van der Waals surface area (Å²) in [6, 6.07) is 19.7. The molecule has 0 spiro atoms. The summed E-state index contributed by atoms with van der Waals surface area (Å²) in [5.41, 5.74) is 2.10. The maximum absolute atomic E-state index is 9.74. The Kier molecular flexibility index (Phi) is 9.18. The van der Waals surface area contributed by atoms with Crippen LogP contribution in [0.2, 0.25) is 0 Å². The van der Waals surface area contributed by atoms with Crippen molar-refractivity contribution in [2.75, 3.05) is 27.1 Å². The molecule has 0 bridgehead atoms. The second-order valence-corrected chi connectivity index (χ2v) is 5.63. The lowest BCUT2D eigenvalue weighted by Gasteiger charge is -2.26. The molecule has 0 aliphatic heterocycles. The van der Waals surface area contributed by atoms with Crippen molar-refractivity contribution in [3.8, 4) is 0 Å². The molecule has 5 heteroatoms. The number of methoxy groups -OCH3 is 1. The lowest BCUT2D eigenvalue weighted by Crippen LogP contribution is -2.38. The van der Waals surface area contributed by atoms with Crippen LogP contribution in [0.4, 0.5) is 0 Å². The van der Waals surface area contributed by atoms with Gasteiger partial charge in [0.1, 0.15) is 19.0 Å². The van der Waals surface area contributed by atoms with E-state index in [1.807, 2.05) is 60.7 Å². The summed E-state index contributed by atoms with van der Waals surface area (Å²) in [5, 5.41) is 9.74. The quantitative estimate of drug-likeness (QED) is 0.473. The van der Waals surface area contributed by atoms with Gasteiger partial charge in [0, 0.05) is 7.11 Å². The Hall–Kier alpha value is -1.76. The summed E-state index contributed by atoms with van der Waals surface area (Å²) in [6.07, 6.45) is -0.884. The molecule has 0 saturated carbocycles. The highest BCUT2D eigenvalue weighted by Crippen LogP contribution is 2.12. The SMILES string of the molecule is COCOC[C@H](OCc1ccccc1)[C@H](CO)OCc1ccccc1. The van der Waals surface area contributed by atoms with Crippen LogP contribution in [-0.2, 0) is 32.2 Å². The third-order valence-electron chi connectivity index (χ3n) is 3.69. The number of benzene rings is 2. The number of hydrogen-bond acceptors (Lipinski definition) is 5. The van der Waals surface area contributed by atoms with Gasteiger partial charge in [0.25, 0.3) is 0 Å². The monoisotopic (exact) mass is 346 g/mol. The highest BCUT2D eigenvalue weighted by atomic mass is 16.7. The van der Waals surface area contributed by atoms with Crippen LogP contribution in [0.1, 0.15) is 11.1 Å². The van der Waals surface area contributed by atoms with Crippen LogP contribution < -0.4 is 0 Å². The molecule has 5 nitrogen and oxygen atoms in total. The third-order valence-corrected chi connectivity index (χ3v) is 3.69. The van der Waals surface area contributed by atoms with E-state index in [4.69, 9.17) is 18.9 Å². The Balaban J connectivity index is 1.92. The van der Waals surface area contributed by atoms with E-state index in [1.54, 1.807) is 7.11 Å². The molecule has 0 saturated heterocycles. The molecule has 2 aromatic carbocycles. The van der Waals surface area contributed by atoms with E-state index < -0.39 is 12.2 Å². The number of aliphatic hydroxyl groups excluding tert-OH is 1. The topological polar surface area (TPSA) is 57.2 Å².